The summed E-state index contributed by atoms with van der Waals surface area (Å²) in [5, 5.41) is 10.9. The summed E-state index contributed by atoms with van der Waals surface area (Å²) in [6.45, 7) is 2.43. The highest BCUT2D eigenvalue weighted by atomic mass is 19.4. The number of carbonyl (C=O) groups excluding carboxylic acids is 1. The molecule has 4 heterocycles. The number of likely N-dealkylation sites (tertiary alicyclic amines) is 1. The van der Waals surface area contributed by atoms with Crippen molar-refractivity contribution in [3.05, 3.63) is 47.8 Å². The van der Waals surface area contributed by atoms with E-state index in [2.05, 4.69) is 15.3 Å². The number of alkyl halides is 3. The molecule has 2 aliphatic rings. The van der Waals surface area contributed by atoms with Gasteiger partial charge >= 0.3 is 6.18 Å². The maximum Gasteiger partial charge on any atom is 0.453 e. The second-order valence-corrected chi connectivity index (χ2v) is 7.85. The molecule has 8 nitrogen and oxygen atoms in total. The number of fused-ring (bicyclic) bond motifs is 2. The molecule has 2 atom stereocenters. The number of hydrogen-bond acceptors (Lipinski definition) is 6. The minimum atomic E-state index is -4.63. The summed E-state index contributed by atoms with van der Waals surface area (Å²) in [7, 11) is 1.56. The maximum atomic E-state index is 13.1. The van der Waals surface area contributed by atoms with Crippen molar-refractivity contribution in [3.8, 4) is 5.75 Å². The van der Waals surface area contributed by atoms with Crippen molar-refractivity contribution < 1.29 is 22.7 Å². The fourth-order valence-corrected chi connectivity index (χ4v) is 4.41. The second-order valence-electron chi connectivity index (χ2n) is 7.85. The maximum absolute atomic E-state index is 13.1. The quantitative estimate of drug-likeness (QED) is 0.633. The van der Waals surface area contributed by atoms with Gasteiger partial charge in [-0.15, -0.1) is 15.3 Å². The molecule has 162 valence electrons. The fraction of sp³-hybridized carbons (Fsp3) is 0.400. The SMILES string of the molecule is COc1cccc(C(=O)N2CC3CN(c4ccc5nnc(C(F)(F)F)n5n4)CC3C2)c1. The molecular weight excluding hydrogens is 413 g/mol. The lowest BCUT2D eigenvalue weighted by molar-refractivity contribution is -0.146. The van der Waals surface area contributed by atoms with Crippen molar-refractivity contribution in [2.75, 3.05) is 38.2 Å². The van der Waals surface area contributed by atoms with Crippen molar-refractivity contribution in [2.45, 2.75) is 6.18 Å². The average molecular weight is 432 g/mol. The van der Waals surface area contributed by atoms with E-state index < -0.39 is 12.0 Å². The second kappa shape index (κ2) is 7.10. The standard InChI is InChI=1S/C20H19F3N6O2/c1-31-15-4-2-3-12(7-15)18(30)28-10-13-8-27(9-14(13)11-28)17-6-5-16-24-25-19(20(21,22)23)29(16)26-17/h2-7,13-14H,8-11H2,1H3. The largest absolute Gasteiger partial charge is 0.497 e. The Hall–Kier alpha value is -3.37. The van der Waals surface area contributed by atoms with Crippen LogP contribution in [0.25, 0.3) is 5.65 Å². The number of ether oxygens (including phenoxy) is 1. The number of anilines is 1. The Morgan fingerprint density at radius 2 is 1.81 bits per heavy atom. The van der Waals surface area contributed by atoms with Crippen LogP contribution in [0.5, 0.6) is 5.75 Å². The van der Waals surface area contributed by atoms with Crippen LogP contribution in [-0.4, -0.2) is 63.9 Å². The molecule has 0 radical (unpaired) electrons. The molecule has 2 saturated heterocycles. The van der Waals surface area contributed by atoms with Crippen LogP contribution in [0.4, 0.5) is 19.0 Å². The molecule has 0 bridgehead atoms. The molecule has 1 amide bonds. The first-order chi connectivity index (χ1) is 14.8. The zero-order chi connectivity index (χ0) is 21.8. The highest BCUT2D eigenvalue weighted by Crippen LogP contribution is 2.35. The Bertz CT molecular complexity index is 1130. The summed E-state index contributed by atoms with van der Waals surface area (Å²) < 4.78 is 45.3. The number of benzene rings is 1. The van der Waals surface area contributed by atoms with E-state index in [1.54, 1.807) is 37.4 Å². The zero-order valence-electron chi connectivity index (χ0n) is 16.6. The number of halogens is 3. The molecule has 11 heteroatoms. The summed E-state index contributed by atoms with van der Waals surface area (Å²) in [4.78, 5) is 16.7. The third kappa shape index (κ3) is 3.43. The van der Waals surface area contributed by atoms with Gasteiger partial charge in [-0.05, 0) is 30.3 Å². The number of rotatable bonds is 3. The van der Waals surface area contributed by atoms with Crippen molar-refractivity contribution in [1.29, 1.82) is 0 Å². The van der Waals surface area contributed by atoms with Crippen LogP contribution in [0.15, 0.2) is 36.4 Å². The van der Waals surface area contributed by atoms with Gasteiger partial charge in [-0.25, -0.2) is 0 Å². The van der Waals surface area contributed by atoms with E-state index in [9.17, 15) is 18.0 Å². The number of amides is 1. The Balaban J connectivity index is 1.30. The molecule has 3 aromatic rings. The molecule has 31 heavy (non-hydrogen) atoms. The van der Waals surface area contributed by atoms with E-state index in [4.69, 9.17) is 4.74 Å². The Morgan fingerprint density at radius 1 is 1.06 bits per heavy atom. The molecule has 1 aromatic carbocycles. The van der Waals surface area contributed by atoms with Gasteiger partial charge < -0.3 is 14.5 Å². The first-order valence-corrected chi connectivity index (χ1v) is 9.81. The topological polar surface area (TPSA) is 75.9 Å². The van der Waals surface area contributed by atoms with Crippen molar-refractivity contribution in [2.24, 2.45) is 11.8 Å². The number of carbonyl (C=O) groups is 1. The highest BCUT2D eigenvalue weighted by molar-refractivity contribution is 5.94. The van der Waals surface area contributed by atoms with Gasteiger partial charge in [0.1, 0.15) is 11.6 Å². The number of methoxy groups -OCH3 is 1. The van der Waals surface area contributed by atoms with Crippen LogP contribution < -0.4 is 9.64 Å². The molecule has 2 aromatic heterocycles. The predicted molar refractivity (Wildman–Crippen MR) is 104 cm³/mol. The average Bonchev–Trinajstić information content (AvgIpc) is 3.45. The summed E-state index contributed by atoms with van der Waals surface area (Å²) >= 11 is 0. The van der Waals surface area contributed by atoms with Crippen LogP contribution in [0.1, 0.15) is 16.2 Å². The highest BCUT2D eigenvalue weighted by Gasteiger charge is 2.43. The number of hydrogen-bond donors (Lipinski definition) is 0. The van der Waals surface area contributed by atoms with E-state index in [-0.39, 0.29) is 23.4 Å². The fourth-order valence-electron chi connectivity index (χ4n) is 4.41. The molecule has 0 N–H and O–H groups in total. The molecule has 2 unspecified atom stereocenters. The van der Waals surface area contributed by atoms with E-state index in [0.717, 1.165) is 4.52 Å². The van der Waals surface area contributed by atoms with Gasteiger partial charge in [0.05, 0.1) is 7.11 Å². The van der Waals surface area contributed by atoms with Gasteiger partial charge in [-0.2, -0.15) is 17.7 Å². The minimum absolute atomic E-state index is 0.0429. The number of nitrogens with zero attached hydrogens (tertiary/aromatic N) is 6. The molecular formula is C20H19F3N6O2. The van der Waals surface area contributed by atoms with Gasteiger partial charge in [0.25, 0.3) is 11.7 Å². The van der Waals surface area contributed by atoms with Crippen LogP contribution in [0.3, 0.4) is 0 Å². The van der Waals surface area contributed by atoms with Gasteiger partial charge in [0, 0.05) is 43.6 Å². The van der Waals surface area contributed by atoms with Crippen LogP contribution in [0.2, 0.25) is 0 Å². The molecule has 2 fully saturated rings. The predicted octanol–water partition coefficient (Wildman–Crippen LogP) is 2.36. The van der Waals surface area contributed by atoms with Crippen LogP contribution >= 0.6 is 0 Å². The van der Waals surface area contributed by atoms with Crippen molar-refractivity contribution in [1.82, 2.24) is 24.7 Å². The third-order valence-electron chi connectivity index (χ3n) is 5.92. The van der Waals surface area contributed by atoms with Crippen LogP contribution in [0, 0.1) is 11.8 Å². The lowest BCUT2D eigenvalue weighted by atomic mass is 10.0. The van der Waals surface area contributed by atoms with E-state index in [0.29, 0.717) is 43.3 Å². The van der Waals surface area contributed by atoms with Gasteiger partial charge in [-0.3, -0.25) is 4.79 Å². The molecule has 0 aliphatic carbocycles. The van der Waals surface area contributed by atoms with Gasteiger partial charge in [0.15, 0.2) is 5.65 Å². The molecule has 5 rings (SSSR count). The number of aromatic nitrogens is 4. The van der Waals surface area contributed by atoms with Gasteiger partial charge in [0.2, 0.25) is 0 Å². The Labute approximate surface area is 175 Å². The monoisotopic (exact) mass is 432 g/mol. The lowest BCUT2D eigenvalue weighted by Gasteiger charge is -2.22. The summed E-state index contributed by atoms with van der Waals surface area (Å²) in [5.41, 5.74) is 0.626. The molecule has 0 saturated carbocycles. The van der Waals surface area contributed by atoms with E-state index >= 15 is 0 Å². The third-order valence-corrected chi connectivity index (χ3v) is 5.92. The summed E-state index contributed by atoms with van der Waals surface area (Å²) in [6, 6.07) is 10.2. The summed E-state index contributed by atoms with van der Waals surface area (Å²) in [5.74, 6) is 0.352. The smallest absolute Gasteiger partial charge is 0.453 e. The Kier molecular flexibility index (Phi) is 4.49. The van der Waals surface area contributed by atoms with E-state index in [1.807, 2.05) is 9.80 Å². The van der Waals surface area contributed by atoms with Crippen LogP contribution in [-0.2, 0) is 6.18 Å². The van der Waals surface area contributed by atoms with E-state index in [1.165, 1.54) is 6.07 Å². The molecule has 0 spiro atoms. The first-order valence-electron chi connectivity index (χ1n) is 9.81. The van der Waals surface area contributed by atoms with Crippen molar-refractivity contribution >= 4 is 17.4 Å². The Morgan fingerprint density at radius 3 is 2.48 bits per heavy atom. The molecule has 2 aliphatic heterocycles. The van der Waals surface area contributed by atoms with Crippen molar-refractivity contribution in [3.63, 3.8) is 0 Å². The normalized spacial score (nSPS) is 21.0. The zero-order valence-corrected chi connectivity index (χ0v) is 16.6. The lowest BCUT2D eigenvalue weighted by Crippen LogP contribution is -2.33. The van der Waals surface area contributed by atoms with Gasteiger partial charge in [-0.1, -0.05) is 6.07 Å². The minimum Gasteiger partial charge on any atom is -0.497 e. The first kappa shape index (κ1) is 19.6. The summed E-state index contributed by atoms with van der Waals surface area (Å²) in [6.07, 6.45) is -4.63.